The first-order valence-electron chi connectivity index (χ1n) is 11.7. The Morgan fingerprint density at radius 2 is 1.42 bits per heavy atom. The maximum absolute atomic E-state index is 13.0. The average Bonchev–Trinajstić information content (AvgIpc) is 2.93. The predicted octanol–water partition coefficient (Wildman–Crippen LogP) is 5.06. The van der Waals surface area contributed by atoms with E-state index in [0.717, 1.165) is 22.2 Å². The SMILES string of the molecule is COc1cc(CNC(=O)Cn2c3ccccc3c(=O)c3ccccc32)ccc1OCc1ccccc1. The molecular weight excluding hydrogens is 452 g/mol. The molecule has 0 atom stereocenters. The zero-order valence-electron chi connectivity index (χ0n) is 19.9. The Morgan fingerprint density at radius 1 is 0.778 bits per heavy atom. The molecule has 0 saturated heterocycles. The van der Waals surface area contributed by atoms with Crippen LogP contribution in [0.5, 0.6) is 11.5 Å². The highest BCUT2D eigenvalue weighted by molar-refractivity contribution is 5.94. The molecule has 1 aromatic heterocycles. The van der Waals surface area contributed by atoms with E-state index in [2.05, 4.69) is 5.32 Å². The second-order valence-corrected chi connectivity index (χ2v) is 8.49. The van der Waals surface area contributed by atoms with Crippen LogP contribution in [0.2, 0.25) is 0 Å². The standard InChI is InChI=1S/C30H26N2O4/c1-35-28-17-22(15-16-27(28)36-20-21-9-3-2-4-10-21)18-31-29(33)19-32-25-13-7-5-11-23(25)30(34)24-12-6-8-14-26(24)32/h2-17H,18-20H2,1H3,(H,31,33). The van der Waals surface area contributed by atoms with Crippen LogP contribution in [0.3, 0.4) is 0 Å². The molecule has 0 fully saturated rings. The molecule has 0 unspecified atom stereocenters. The van der Waals surface area contributed by atoms with Gasteiger partial charge in [-0.25, -0.2) is 0 Å². The quantitative estimate of drug-likeness (QED) is 0.317. The van der Waals surface area contributed by atoms with Crippen LogP contribution < -0.4 is 20.2 Å². The molecule has 6 nitrogen and oxygen atoms in total. The molecule has 36 heavy (non-hydrogen) atoms. The van der Waals surface area contributed by atoms with Gasteiger partial charge in [0.1, 0.15) is 13.2 Å². The molecule has 6 heteroatoms. The Balaban J connectivity index is 1.31. The Labute approximate surface area is 208 Å². The average molecular weight is 479 g/mol. The van der Waals surface area contributed by atoms with E-state index in [0.29, 0.717) is 35.4 Å². The molecule has 1 amide bonds. The Kier molecular flexibility index (Phi) is 6.67. The minimum absolute atomic E-state index is 0.0282. The summed E-state index contributed by atoms with van der Waals surface area (Å²) < 4.78 is 13.3. The molecule has 1 heterocycles. The molecule has 4 aromatic carbocycles. The summed E-state index contributed by atoms with van der Waals surface area (Å²) in [5.41, 5.74) is 3.40. The van der Waals surface area contributed by atoms with Crippen LogP contribution in [0.4, 0.5) is 0 Å². The molecule has 5 rings (SSSR count). The van der Waals surface area contributed by atoms with Gasteiger partial charge in [0.2, 0.25) is 5.91 Å². The van der Waals surface area contributed by atoms with Crippen LogP contribution in [0, 0.1) is 0 Å². The minimum Gasteiger partial charge on any atom is -0.493 e. The van der Waals surface area contributed by atoms with Crippen molar-refractivity contribution in [3.05, 3.63) is 118 Å². The van der Waals surface area contributed by atoms with E-state index in [1.807, 2.05) is 89.5 Å². The van der Waals surface area contributed by atoms with E-state index in [-0.39, 0.29) is 17.9 Å². The molecule has 0 saturated carbocycles. The second kappa shape index (κ2) is 10.4. The summed E-state index contributed by atoms with van der Waals surface area (Å²) in [6.45, 7) is 0.871. The molecular formula is C30H26N2O4. The smallest absolute Gasteiger partial charge is 0.240 e. The summed E-state index contributed by atoms with van der Waals surface area (Å²) in [7, 11) is 1.60. The molecule has 0 spiro atoms. The lowest BCUT2D eigenvalue weighted by Gasteiger charge is -2.16. The Bertz CT molecular complexity index is 1530. The highest BCUT2D eigenvalue weighted by Gasteiger charge is 2.13. The van der Waals surface area contributed by atoms with Gasteiger partial charge < -0.3 is 19.4 Å². The zero-order chi connectivity index (χ0) is 24.9. The normalized spacial score (nSPS) is 10.9. The van der Waals surface area contributed by atoms with E-state index < -0.39 is 0 Å². The van der Waals surface area contributed by atoms with E-state index in [1.54, 1.807) is 19.2 Å². The molecule has 0 bridgehead atoms. The summed E-state index contributed by atoms with van der Waals surface area (Å²) in [5.74, 6) is 1.09. The maximum Gasteiger partial charge on any atom is 0.240 e. The summed E-state index contributed by atoms with van der Waals surface area (Å²) in [6, 6.07) is 30.3. The number of pyridine rings is 1. The van der Waals surface area contributed by atoms with Crippen LogP contribution in [-0.2, 0) is 24.5 Å². The Morgan fingerprint density at radius 3 is 2.08 bits per heavy atom. The number of carbonyl (C=O) groups excluding carboxylic acids is 1. The fourth-order valence-electron chi connectivity index (χ4n) is 4.32. The van der Waals surface area contributed by atoms with Crippen molar-refractivity contribution in [3.63, 3.8) is 0 Å². The molecule has 180 valence electrons. The van der Waals surface area contributed by atoms with Crippen molar-refractivity contribution in [1.82, 2.24) is 9.88 Å². The first-order chi connectivity index (χ1) is 17.6. The van der Waals surface area contributed by atoms with E-state index in [4.69, 9.17) is 9.47 Å². The molecule has 0 aliphatic carbocycles. The monoisotopic (exact) mass is 478 g/mol. The summed E-state index contributed by atoms with van der Waals surface area (Å²) in [6.07, 6.45) is 0. The van der Waals surface area contributed by atoms with Crippen LogP contribution in [-0.4, -0.2) is 17.6 Å². The lowest BCUT2D eigenvalue weighted by atomic mass is 10.1. The van der Waals surface area contributed by atoms with Crippen molar-refractivity contribution in [2.45, 2.75) is 19.7 Å². The van der Waals surface area contributed by atoms with E-state index >= 15 is 0 Å². The van der Waals surface area contributed by atoms with E-state index in [1.165, 1.54) is 0 Å². The maximum atomic E-state index is 13.0. The number of nitrogens with zero attached hydrogens (tertiary/aromatic N) is 1. The number of ether oxygens (including phenoxy) is 2. The number of rotatable bonds is 8. The number of hydrogen-bond donors (Lipinski definition) is 1. The second-order valence-electron chi connectivity index (χ2n) is 8.49. The van der Waals surface area contributed by atoms with Gasteiger partial charge in [0, 0.05) is 17.3 Å². The van der Waals surface area contributed by atoms with Gasteiger partial charge in [0.15, 0.2) is 16.9 Å². The van der Waals surface area contributed by atoms with Gasteiger partial charge in [0.25, 0.3) is 0 Å². The van der Waals surface area contributed by atoms with Crippen molar-refractivity contribution in [2.24, 2.45) is 0 Å². The van der Waals surface area contributed by atoms with Gasteiger partial charge in [-0.1, -0.05) is 60.7 Å². The third-order valence-electron chi connectivity index (χ3n) is 6.14. The van der Waals surface area contributed by atoms with Crippen LogP contribution >= 0.6 is 0 Å². The summed E-state index contributed by atoms with van der Waals surface area (Å²) in [4.78, 5) is 25.9. The number of methoxy groups -OCH3 is 1. The number of nitrogens with one attached hydrogen (secondary N) is 1. The van der Waals surface area contributed by atoms with Crippen LogP contribution in [0.1, 0.15) is 11.1 Å². The summed E-state index contributed by atoms with van der Waals surface area (Å²) >= 11 is 0. The van der Waals surface area contributed by atoms with Gasteiger partial charge in [0.05, 0.1) is 18.1 Å². The number of para-hydroxylation sites is 2. The van der Waals surface area contributed by atoms with E-state index in [9.17, 15) is 9.59 Å². The number of benzene rings is 4. The molecule has 0 aliphatic rings. The fourth-order valence-corrected chi connectivity index (χ4v) is 4.32. The van der Waals surface area contributed by atoms with Crippen molar-refractivity contribution < 1.29 is 14.3 Å². The lowest BCUT2D eigenvalue weighted by molar-refractivity contribution is -0.121. The molecule has 1 N–H and O–H groups in total. The van der Waals surface area contributed by atoms with Crippen molar-refractivity contribution >= 4 is 27.7 Å². The first-order valence-corrected chi connectivity index (χ1v) is 11.7. The number of amides is 1. The first kappa shape index (κ1) is 23.2. The van der Waals surface area contributed by atoms with Crippen LogP contribution in [0.15, 0.2) is 102 Å². The van der Waals surface area contributed by atoms with Crippen molar-refractivity contribution in [2.75, 3.05) is 7.11 Å². The van der Waals surface area contributed by atoms with Crippen molar-refractivity contribution in [1.29, 1.82) is 0 Å². The Hall–Kier alpha value is -4.58. The van der Waals surface area contributed by atoms with Gasteiger partial charge in [-0.15, -0.1) is 0 Å². The fraction of sp³-hybridized carbons (Fsp3) is 0.133. The number of carbonyl (C=O) groups is 1. The lowest BCUT2D eigenvalue weighted by Crippen LogP contribution is -2.28. The molecule has 0 radical (unpaired) electrons. The molecule has 0 aliphatic heterocycles. The molecule has 5 aromatic rings. The third-order valence-corrected chi connectivity index (χ3v) is 6.14. The van der Waals surface area contributed by atoms with Gasteiger partial charge in [-0.05, 0) is 47.5 Å². The van der Waals surface area contributed by atoms with Crippen molar-refractivity contribution in [3.8, 4) is 11.5 Å². The highest BCUT2D eigenvalue weighted by atomic mass is 16.5. The topological polar surface area (TPSA) is 69.6 Å². The predicted molar refractivity (Wildman–Crippen MR) is 141 cm³/mol. The van der Waals surface area contributed by atoms with Crippen LogP contribution in [0.25, 0.3) is 21.8 Å². The van der Waals surface area contributed by atoms with Gasteiger partial charge in [-0.3, -0.25) is 9.59 Å². The third kappa shape index (κ3) is 4.79. The largest absolute Gasteiger partial charge is 0.493 e. The number of aromatic nitrogens is 1. The zero-order valence-corrected chi connectivity index (χ0v) is 19.9. The van der Waals surface area contributed by atoms with Gasteiger partial charge >= 0.3 is 0 Å². The van der Waals surface area contributed by atoms with Gasteiger partial charge in [-0.2, -0.15) is 0 Å². The number of hydrogen-bond acceptors (Lipinski definition) is 4. The highest BCUT2D eigenvalue weighted by Crippen LogP contribution is 2.29. The summed E-state index contributed by atoms with van der Waals surface area (Å²) in [5, 5.41) is 4.18. The number of fused-ring (bicyclic) bond motifs is 2. The minimum atomic E-state index is -0.155.